The van der Waals surface area contributed by atoms with Gasteiger partial charge in [-0.25, -0.2) is 17.2 Å². The lowest BCUT2D eigenvalue weighted by Gasteiger charge is -2.12. The van der Waals surface area contributed by atoms with Gasteiger partial charge in [-0.1, -0.05) is 29.8 Å². The highest BCUT2D eigenvalue weighted by atomic mass is 35.5. The summed E-state index contributed by atoms with van der Waals surface area (Å²) in [6.07, 6.45) is 2.69. The zero-order valence-corrected chi connectivity index (χ0v) is 18.6. The van der Waals surface area contributed by atoms with E-state index in [1.165, 1.54) is 33.5 Å². The Labute approximate surface area is 188 Å². The van der Waals surface area contributed by atoms with Crippen molar-refractivity contribution in [2.75, 3.05) is 6.26 Å². The first-order valence-electron chi connectivity index (χ1n) is 9.63. The highest BCUT2D eigenvalue weighted by Crippen LogP contribution is 2.26. The fraction of sp³-hybridized carbons (Fsp3) is 0.227. The molecule has 0 radical (unpaired) electrons. The molecule has 0 bridgehead atoms. The van der Waals surface area contributed by atoms with E-state index in [2.05, 4.69) is 0 Å². The van der Waals surface area contributed by atoms with Gasteiger partial charge in [-0.3, -0.25) is 4.79 Å². The van der Waals surface area contributed by atoms with Gasteiger partial charge < -0.3 is 9.30 Å². The maximum atomic E-state index is 13.8. The van der Waals surface area contributed by atoms with Crippen LogP contribution in [0.15, 0.2) is 53.5 Å². The average molecular weight is 481 g/mol. The van der Waals surface area contributed by atoms with Crippen molar-refractivity contribution in [2.24, 2.45) is 0 Å². The number of aromatic nitrogens is 1. The SMILES string of the molecule is CS(=O)(=O)N1Cc2ccc(Cn3ccc(OCc4ccc(F)cc4F)c(Cl)c3=O)cc2C1. The molecule has 10 heteroatoms. The monoisotopic (exact) mass is 480 g/mol. The van der Waals surface area contributed by atoms with Crippen LogP contribution in [0, 0.1) is 11.6 Å². The molecule has 2 heterocycles. The van der Waals surface area contributed by atoms with Crippen molar-refractivity contribution in [1.29, 1.82) is 0 Å². The molecule has 0 saturated carbocycles. The van der Waals surface area contributed by atoms with Crippen molar-refractivity contribution in [3.05, 3.63) is 97.9 Å². The van der Waals surface area contributed by atoms with Gasteiger partial charge in [-0.05, 0) is 34.9 Å². The number of halogens is 3. The Morgan fingerprint density at radius 3 is 2.53 bits per heavy atom. The average Bonchev–Trinajstić information content (AvgIpc) is 3.16. The van der Waals surface area contributed by atoms with Crippen LogP contribution in [0.2, 0.25) is 5.02 Å². The number of hydrogen-bond acceptors (Lipinski definition) is 4. The molecule has 2 aromatic carbocycles. The van der Waals surface area contributed by atoms with Crippen LogP contribution >= 0.6 is 11.6 Å². The van der Waals surface area contributed by atoms with Gasteiger partial charge in [0, 0.05) is 30.9 Å². The molecule has 6 nitrogen and oxygen atoms in total. The molecule has 0 saturated heterocycles. The van der Waals surface area contributed by atoms with Crippen molar-refractivity contribution in [2.45, 2.75) is 26.2 Å². The molecule has 4 rings (SSSR count). The zero-order chi connectivity index (χ0) is 23.0. The topological polar surface area (TPSA) is 68.6 Å². The van der Waals surface area contributed by atoms with E-state index < -0.39 is 27.2 Å². The van der Waals surface area contributed by atoms with Crippen LogP contribution in [0.4, 0.5) is 8.78 Å². The van der Waals surface area contributed by atoms with Crippen LogP contribution in [0.5, 0.6) is 5.75 Å². The minimum Gasteiger partial charge on any atom is -0.487 e. The Morgan fingerprint density at radius 2 is 1.81 bits per heavy atom. The minimum absolute atomic E-state index is 0.0920. The van der Waals surface area contributed by atoms with E-state index in [0.29, 0.717) is 13.1 Å². The third-order valence-electron chi connectivity index (χ3n) is 5.26. The molecule has 3 aromatic rings. The van der Waals surface area contributed by atoms with Crippen LogP contribution < -0.4 is 10.3 Å². The number of sulfonamides is 1. The number of rotatable bonds is 6. The van der Waals surface area contributed by atoms with Crippen LogP contribution in [-0.2, 0) is 36.3 Å². The van der Waals surface area contributed by atoms with Crippen LogP contribution in [0.25, 0.3) is 0 Å². The molecule has 0 amide bonds. The van der Waals surface area contributed by atoms with E-state index in [1.807, 2.05) is 18.2 Å². The van der Waals surface area contributed by atoms with Gasteiger partial charge in [-0.15, -0.1) is 0 Å². The Balaban J connectivity index is 1.49. The zero-order valence-electron chi connectivity index (χ0n) is 17.0. The van der Waals surface area contributed by atoms with Crippen molar-refractivity contribution < 1.29 is 21.9 Å². The minimum atomic E-state index is -3.28. The molecule has 1 aliphatic heterocycles. The molecule has 0 fully saturated rings. The summed E-state index contributed by atoms with van der Waals surface area (Å²) in [5.41, 5.74) is 2.30. The molecule has 0 spiro atoms. The molecule has 0 aliphatic carbocycles. The lowest BCUT2D eigenvalue weighted by Crippen LogP contribution is -2.23. The van der Waals surface area contributed by atoms with E-state index in [0.717, 1.165) is 28.8 Å². The lowest BCUT2D eigenvalue weighted by molar-refractivity contribution is 0.298. The van der Waals surface area contributed by atoms with E-state index >= 15 is 0 Å². The molecule has 32 heavy (non-hydrogen) atoms. The molecule has 0 unspecified atom stereocenters. The van der Waals surface area contributed by atoms with Crippen molar-refractivity contribution in [3.63, 3.8) is 0 Å². The number of pyridine rings is 1. The van der Waals surface area contributed by atoms with Gasteiger partial charge in [0.15, 0.2) is 0 Å². The standard InChI is InChI=1S/C22H19ClF2N2O4S/c1-32(29,30)27-11-15-3-2-14(8-17(15)12-27)10-26-7-6-20(21(23)22(26)28)31-13-16-4-5-18(24)9-19(16)25/h2-9H,10-13H2,1H3. The number of fused-ring (bicyclic) bond motifs is 1. The van der Waals surface area contributed by atoms with E-state index in [9.17, 15) is 22.0 Å². The third-order valence-corrected chi connectivity index (χ3v) is 6.80. The van der Waals surface area contributed by atoms with Gasteiger partial charge >= 0.3 is 0 Å². The number of nitrogens with zero attached hydrogens (tertiary/aromatic N) is 2. The van der Waals surface area contributed by atoms with Crippen LogP contribution in [0.3, 0.4) is 0 Å². The Morgan fingerprint density at radius 1 is 1.06 bits per heavy atom. The van der Waals surface area contributed by atoms with Gasteiger partial charge in [0.2, 0.25) is 10.0 Å². The second-order valence-corrected chi connectivity index (χ2v) is 9.95. The first kappa shape index (κ1) is 22.4. The molecule has 0 N–H and O–H groups in total. The highest BCUT2D eigenvalue weighted by Gasteiger charge is 2.26. The summed E-state index contributed by atoms with van der Waals surface area (Å²) in [5, 5.41) is -0.153. The number of hydrogen-bond donors (Lipinski definition) is 0. The maximum Gasteiger partial charge on any atom is 0.273 e. The molecule has 168 valence electrons. The molecular formula is C22H19ClF2N2O4S. The summed E-state index contributed by atoms with van der Waals surface area (Å²) in [4.78, 5) is 12.7. The van der Waals surface area contributed by atoms with Gasteiger partial charge in [-0.2, -0.15) is 4.31 Å². The Kier molecular flexibility index (Phi) is 6.07. The van der Waals surface area contributed by atoms with Crippen LogP contribution in [0.1, 0.15) is 22.3 Å². The first-order valence-corrected chi connectivity index (χ1v) is 11.9. The smallest absolute Gasteiger partial charge is 0.273 e. The van der Waals surface area contributed by atoms with Crippen molar-refractivity contribution >= 4 is 21.6 Å². The predicted octanol–water partition coefficient (Wildman–Crippen LogP) is 3.68. The second kappa shape index (κ2) is 8.65. The fourth-order valence-electron chi connectivity index (χ4n) is 3.51. The summed E-state index contributed by atoms with van der Waals surface area (Å²) in [6.45, 7) is 0.653. The van der Waals surface area contributed by atoms with Gasteiger partial charge in [0.1, 0.15) is 29.0 Å². The molecule has 1 aliphatic rings. The predicted molar refractivity (Wildman–Crippen MR) is 116 cm³/mol. The molecule has 1 aromatic heterocycles. The highest BCUT2D eigenvalue weighted by molar-refractivity contribution is 7.88. The van der Waals surface area contributed by atoms with Gasteiger partial charge in [0.05, 0.1) is 12.8 Å². The number of benzene rings is 2. The first-order chi connectivity index (χ1) is 15.1. The van der Waals surface area contributed by atoms with E-state index in [4.69, 9.17) is 16.3 Å². The van der Waals surface area contributed by atoms with Crippen molar-refractivity contribution in [3.8, 4) is 5.75 Å². The number of ether oxygens (including phenoxy) is 1. The second-order valence-electron chi connectivity index (χ2n) is 7.59. The summed E-state index contributed by atoms with van der Waals surface area (Å²) >= 11 is 6.17. The Bertz CT molecular complexity index is 1360. The quantitative estimate of drug-likeness (QED) is 0.539. The summed E-state index contributed by atoms with van der Waals surface area (Å²) in [7, 11) is -3.28. The summed E-state index contributed by atoms with van der Waals surface area (Å²) in [6, 6.07) is 10.2. The summed E-state index contributed by atoms with van der Waals surface area (Å²) in [5.74, 6) is -1.35. The summed E-state index contributed by atoms with van der Waals surface area (Å²) < 4.78 is 58.6. The Hall–Kier alpha value is -2.75. The normalized spacial score (nSPS) is 13.9. The lowest BCUT2D eigenvalue weighted by atomic mass is 10.1. The molecular weight excluding hydrogens is 462 g/mol. The fourth-order valence-corrected chi connectivity index (χ4v) is 4.48. The maximum absolute atomic E-state index is 13.8. The van der Waals surface area contributed by atoms with Gasteiger partial charge in [0.25, 0.3) is 5.56 Å². The van der Waals surface area contributed by atoms with Crippen LogP contribution in [-0.4, -0.2) is 23.5 Å². The van der Waals surface area contributed by atoms with E-state index in [-0.39, 0.29) is 29.5 Å². The third kappa shape index (κ3) is 4.69. The molecule has 0 atom stereocenters. The van der Waals surface area contributed by atoms with Crippen molar-refractivity contribution in [1.82, 2.24) is 8.87 Å². The van der Waals surface area contributed by atoms with E-state index in [1.54, 1.807) is 0 Å². The largest absolute Gasteiger partial charge is 0.487 e.